The molecule has 4 heteroatoms. The number of hydrogen-bond acceptors (Lipinski definition) is 3. The van der Waals surface area contributed by atoms with Gasteiger partial charge in [-0.3, -0.25) is 4.79 Å². The highest BCUT2D eigenvalue weighted by Gasteiger charge is 2.14. The summed E-state index contributed by atoms with van der Waals surface area (Å²) in [5.74, 6) is 0.763. The van der Waals surface area contributed by atoms with Gasteiger partial charge in [0.25, 0.3) is 0 Å². The predicted molar refractivity (Wildman–Crippen MR) is 69.9 cm³/mol. The van der Waals surface area contributed by atoms with Crippen molar-refractivity contribution in [3.05, 3.63) is 0 Å². The van der Waals surface area contributed by atoms with Crippen LogP contribution in [0.5, 0.6) is 0 Å². The Morgan fingerprint density at radius 2 is 2.11 bits per heavy atom. The molecule has 1 fully saturated rings. The van der Waals surface area contributed by atoms with Crippen molar-refractivity contribution < 1.29 is 9.53 Å². The zero-order valence-corrected chi connectivity index (χ0v) is 11.4. The van der Waals surface area contributed by atoms with Crippen LogP contribution in [0.15, 0.2) is 0 Å². The predicted octanol–water partition coefficient (Wildman–Crippen LogP) is 2.35. The zero-order chi connectivity index (χ0) is 13.2. The number of nitrogens with zero attached hydrogens (tertiary/aromatic N) is 2. The molecule has 1 amide bonds. The Kier molecular flexibility index (Phi) is 7.43. The van der Waals surface area contributed by atoms with Crippen molar-refractivity contribution in [2.75, 3.05) is 26.8 Å². The van der Waals surface area contributed by atoms with Gasteiger partial charge in [0.15, 0.2) is 0 Å². The third kappa shape index (κ3) is 6.02. The monoisotopic (exact) mass is 252 g/mol. The first-order valence-corrected chi connectivity index (χ1v) is 6.92. The van der Waals surface area contributed by atoms with Crippen LogP contribution in [0.1, 0.15) is 44.9 Å². The van der Waals surface area contributed by atoms with Crippen LogP contribution in [0.25, 0.3) is 0 Å². The SMILES string of the molecule is CN(CCC#N)C(=O)CCOCC1CCCCC1. The maximum Gasteiger partial charge on any atom is 0.224 e. The number of amides is 1. The molecule has 0 aliphatic heterocycles. The van der Waals surface area contributed by atoms with Crippen molar-refractivity contribution >= 4 is 5.91 Å². The average molecular weight is 252 g/mol. The smallest absolute Gasteiger partial charge is 0.224 e. The Bertz CT molecular complexity index is 280. The Balaban J connectivity index is 2.02. The molecule has 1 aliphatic rings. The molecule has 0 heterocycles. The second-order valence-corrected chi connectivity index (χ2v) is 5.05. The summed E-state index contributed by atoms with van der Waals surface area (Å²) in [6, 6.07) is 2.04. The Hall–Kier alpha value is -1.08. The van der Waals surface area contributed by atoms with E-state index < -0.39 is 0 Å². The van der Waals surface area contributed by atoms with Crippen LogP contribution in [0, 0.1) is 17.2 Å². The van der Waals surface area contributed by atoms with E-state index in [4.69, 9.17) is 10.00 Å². The van der Waals surface area contributed by atoms with Gasteiger partial charge in [0.05, 0.1) is 25.5 Å². The number of ether oxygens (including phenoxy) is 1. The van der Waals surface area contributed by atoms with Crippen LogP contribution in [-0.4, -0.2) is 37.6 Å². The van der Waals surface area contributed by atoms with Crippen LogP contribution in [0.2, 0.25) is 0 Å². The lowest BCUT2D eigenvalue weighted by molar-refractivity contribution is -0.131. The number of carbonyl (C=O) groups is 1. The van der Waals surface area contributed by atoms with E-state index in [0.717, 1.165) is 6.61 Å². The fraction of sp³-hybridized carbons (Fsp3) is 0.857. The van der Waals surface area contributed by atoms with Crippen molar-refractivity contribution in [2.45, 2.75) is 44.9 Å². The molecule has 4 nitrogen and oxygen atoms in total. The van der Waals surface area contributed by atoms with Crippen molar-refractivity contribution in [3.63, 3.8) is 0 Å². The van der Waals surface area contributed by atoms with Gasteiger partial charge in [-0.25, -0.2) is 0 Å². The Morgan fingerprint density at radius 3 is 2.78 bits per heavy atom. The van der Waals surface area contributed by atoms with E-state index in [9.17, 15) is 4.79 Å². The molecule has 0 aromatic rings. The minimum Gasteiger partial charge on any atom is -0.381 e. The summed E-state index contributed by atoms with van der Waals surface area (Å²) in [5.41, 5.74) is 0. The molecule has 0 unspecified atom stereocenters. The van der Waals surface area contributed by atoms with E-state index in [2.05, 4.69) is 0 Å². The maximum atomic E-state index is 11.6. The molecule has 1 aliphatic carbocycles. The molecule has 0 bridgehead atoms. The number of nitriles is 1. The molecule has 1 rings (SSSR count). The van der Waals surface area contributed by atoms with Crippen LogP contribution < -0.4 is 0 Å². The lowest BCUT2D eigenvalue weighted by Gasteiger charge is -2.21. The van der Waals surface area contributed by atoms with Crippen molar-refractivity contribution in [1.29, 1.82) is 5.26 Å². The maximum absolute atomic E-state index is 11.6. The van der Waals surface area contributed by atoms with Crippen LogP contribution in [-0.2, 0) is 9.53 Å². The Morgan fingerprint density at radius 1 is 1.39 bits per heavy atom. The van der Waals surface area contributed by atoms with E-state index in [0.29, 0.717) is 31.9 Å². The molecule has 0 saturated heterocycles. The van der Waals surface area contributed by atoms with Crippen molar-refractivity contribution in [2.24, 2.45) is 5.92 Å². The van der Waals surface area contributed by atoms with Crippen molar-refractivity contribution in [3.8, 4) is 6.07 Å². The first-order chi connectivity index (χ1) is 8.74. The number of hydrogen-bond donors (Lipinski definition) is 0. The van der Waals surface area contributed by atoms with Crippen molar-refractivity contribution in [1.82, 2.24) is 4.90 Å². The van der Waals surface area contributed by atoms with Gasteiger partial charge < -0.3 is 9.64 Å². The standard InChI is InChI=1S/C14H24N2O2/c1-16(10-5-9-15)14(17)8-11-18-12-13-6-3-2-4-7-13/h13H,2-8,10-12H2,1H3. The molecular weight excluding hydrogens is 228 g/mol. The second kappa shape index (κ2) is 8.93. The van der Waals surface area contributed by atoms with E-state index in [1.165, 1.54) is 32.1 Å². The average Bonchev–Trinajstić information content (AvgIpc) is 2.41. The van der Waals surface area contributed by atoms with Gasteiger partial charge in [0, 0.05) is 20.2 Å². The molecule has 0 aromatic heterocycles. The lowest BCUT2D eigenvalue weighted by atomic mass is 9.90. The zero-order valence-electron chi connectivity index (χ0n) is 11.4. The topological polar surface area (TPSA) is 53.3 Å². The quantitative estimate of drug-likeness (QED) is 0.653. The number of rotatable bonds is 7. The third-order valence-electron chi connectivity index (χ3n) is 3.52. The molecule has 0 atom stereocenters. The number of carbonyl (C=O) groups excluding carboxylic acids is 1. The summed E-state index contributed by atoms with van der Waals surface area (Å²) in [4.78, 5) is 13.2. The highest BCUT2D eigenvalue weighted by atomic mass is 16.5. The van der Waals surface area contributed by atoms with E-state index in [1.807, 2.05) is 6.07 Å². The highest BCUT2D eigenvalue weighted by Crippen LogP contribution is 2.23. The fourth-order valence-electron chi connectivity index (χ4n) is 2.30. The minimum atomic E-state index is 0.0638. The first kappa shape index (κ1) is 15.0. The first-order valence-electron chi connectivity index (χ1n) is 6.92. The van der Waals surface area contributed by atoms with Gasteiger partial charge in [-0.1, -0.05) is 19.3 Å². The molecule has 0 aromatic carbocycles. The molecule has 18 heavy (non-hydrogen) atoms. The van der Waals surface area contributed by atoms with E-state index in [-0.39, 0.29) is 5.91 Å². The summed E-state index contributed by atoms with van der Waals surface area (Å²) >= 11 is 0. The third-order valence-corrected chi connectivity index (χ3v) is 3.52. The molecule has 102 valence electrons. The fourth-order valence-corrected chi connectivity index (χ4v) is 2.30. The van der Waals surface area contributed by atoms with Crippen LogP contribution >= 0.6 is 0 Å². The normalized spacial score (nSPS) is 16.2. The molecule has 0 N–H and O–H groups in total. The lowest BCUT2D eigenvalue weighted by Crippen LogP contribution is -2.28. The molecule has 1 saturated carbocycles. The van der Waals surface area contributed by atoms with Crippen LogP contribution in [0.3, 0.4) is 0 Å². The minimum absolute atomic E-state index is 0.0638. The van der Waals surface area contributed by atoms with Gasteiger partial charge in [0.2, 0.25) is 5.91 Å². The summed E-state index contributed by atoms with van der Waals surface area (Å²) < 4.78 is 5.59. The van der Waals surface area contributed by atoms with E-state index >= 15 is 0 Å². The van der Waals surface area contributed by atoms with Gasteiger partial charge >= 0.3 is 0 Å². The Labute approximate surface area is 110 Å². The summed E-state index contributed by atoms with van der Waals surface area (Å²) in [6.07, 6.45) is 7.37. The largest absolute Gasteiger partial charge is 0.381 e. The summed E-state index contributed by atoms with van der Waals surface area (Å²) in [7, 11) is 1.74. The van der Waals surface area contributed by atoms with Crippen LogP contribution in [0.4, 0.5) is 0 Å². The highest BCUT2D eigenvalue weighted by molar-refractivity contribution is 5.75. The van der Waals surface area contributed by atoms with Gasteiger partial charge in [-0.15, -0.1) is 0 Å². The molecule has 0 spiro atoms. The van der Waals surface area contributed by atoms with Gasteiger partial charge in [-0.2, -0.15) is 5.26 Å². The summed E-state index contributed by atoms with van der Waals surface area (Å²) in [6.45, 7) is 1.82. The van der Waals surface area contributed by atoms with Gasteiger partial charge in [-0.05, 0) is 18.8 Å². The van der Waals surface area contributed by atoms with Gasteiger partial charge in [0.1, 0.15) is 0 Å². The molecular formula is C14H24N2O2. The van der Waals surface area contributed by atoms with E-state index in [1.54, 1.807) is 11.9 Å². The molecule has 0 radical (unpaired) electrons. The summed E-state index contributed by atoms with van der Waals surface area (Å²) in [5, 5.41) is 8.44. The second-order valence-electron chi connectivity index (χ2n) is 5.05.